The van der Waals surface area contributed by atoms with Gasteiger partial charge < -0.3 is 5.11 Å². The van der Waals surface area contributed by atoms with Gasteiger partial charge in [0.05, 0.1) is 12.3 Å². The van der Waals surface area contributed by atoms with E-state index in [1.165, 1.54) is 17.5 Å². The first-order valence-corrected chi connectivity index (χ1v) is 8.45. The van der Waals surface area contributed by atoms with Crippen LogP contribution in [0, 0.1) is 6.92 Å². The summed E-state index contributed by atoms with van der Waals surface area (Å²) in [7, 11) is 0. The number of aryl methyl sites for hydroxylation is 1. The molecule has 2 rings (SSSR count). The van der Waals surface area contributed by atoms with Gasteiger partial charge in [-0.1, -0.05) is 43.2 Å². The van der Waals surface area contributed by atoms with Gasteiger partial charge in [0.25, 0.3) is 0 Å². The number of benzene rings is 1. The summed E-state index contributed by atoms with van der Waals surface area (Å²) in [5, 5.41) is 12.4. The summed E-state index contributed by atoms with van der Waals surface area (Å²) in [6, 6.07) is 8.49. The SMILES string of the molecule is CCCCN(CCO)Cc1csc(-c2ccc(C)cc2)n1. The summed E-state index contributed by atoms with van der Waals surface area (Å²) in [5.41, 5.74) is 3.54. The van der Waals surface area contributed by atoms with Crippen LogP contribution in [0.4, 0.5) is 0 Å². The quantitative estimate of drug-likeness (QED) is 0.807. The van der Waals surface area contributed by atoms with Gasteiger partial charge in [0.1, 0.15) is 5.01 Å². The fourth-order valence-electron chi connectivity index (χ4n) is 2.23. The Labute approximate surface area is 131 Å². The van der Waals surface area contributed by atoms with Crippen molar-refractivity contribution in [2.75, 3.05) is 19.7 Å². The molecule has 0 bridgehead atoms. The largest absolute Gasteiger partial charge is 0.395 e. The van der Waals surface area contributed by atoms with Crippen molar-refractivity contribution in [3.8, 4) is 10.6 Å². The van der Waals surface area contributed by atoms with Crippen molar-refractivity contribution in [1.29, 1.82) is 0 Å². The molecule has 0 amide bonds. The van der Waals surface area contributed by atoms with Crippen molar-refractivity contribution in [1.82, 2.24) is 9.88 Å². The van der Waals surface area contributed by atoms with Gasteiger partial charge in [-0.05, 0) is 19.9 Å². The van der Waals surface area contributed by atoms with Gasteiger partial charge in [0, 0.05) is 24.0 Å². The minimum Gasteiger partial charge on any atom is -0.395 e. The van der Waals surface area contributed by atoms with Crippen LogP contribution < -0.4 is 0 Å². The zero-order valence-corrected chi connectivity index (χ0v) is 13.7. The van der Waals surface area contributed by atoms with Crippen molar-refractivity contribution >= 4 is 11.3 Å². The highest BCUT2D eigenvalue weighted by Crippen LogP contribution is 2.24. The highest BCUT2D eigenvalue weighted by Gasteiger charge is 2.09. The van der Waals surface area contributed by atoms with Gasteiger partial charge in [-0.2, -0.15) is 0 Å². The van der Waals surface area contributed by atoms with Crippen molar-refractivity contribution in [2.24, 2.45) is 0 Å². The first kappa shape index (κ1) is 16.1. The van der Waals surface area contributed by atoms with Crippen molar-refractivity contribution in [3.05, 3.63) is 40.9 Å². The van der Waals surface area contributed by atoms with Gasteiger partial charge in [-0.3, -0.25) is 4.90 Å². The summed E-state index contributed by atoms with van der Waals surface area (Å²) in [4.78, 5) is 7.01. The van der Waals surface area contributed by atoms with E-state index in [4.69, 9.17) is 10.1 Å². The molecule has 0 aliphatic heterocycles. The van der Waals surface area contributed by atoms with Gasteiger partial charge in [0.2, 0.25) is 0 Å². The second-order valence-electron chi connectivity index (χ2n) is 5.36. The third kappa shape index (κ3) is 4.92. The van der Waals surface area contributed by atoms with Crippen LogP contribution in [0.25, 0.3) is 10.6 Å². The van der Waals surface area contributed by atoms with Crippen LogP contribution in [0.1, 0.15) is 31.0 Å². The highest BCUT2D eigenvalue weighted by molar-refractivity contribution is 7.13. The molecule has 0 saturated carbocycles. The molecule has 21 heavy (non-hydrogen) atoms. The maximum absolute atomic E-state index is 9.16. The first-order valence-electron chi connectivity index (χ1n) is 7.57. The smallest absolute Gasteiger partial charge is 0.123 e. The molecule has 114 valence electrons. The summed E-state index contributed by atoms with van der Waals surface area (Å²) >= 11 is 1.69. The molecule has 1 heterocycles. The maximum atomic E-state index is 9.16. The second kappa shape index (κ2) is 8.27. The fourth-order valence-corrected chi connectivity index (χ4v) is 3.05. The number of aromatic nitrogens is 1. The minimum absolute atomic E-state index is 0.207. The Morgan fingerprint density at radius 1 is 1.19 bits per heavy atom. The zero-order valence-electron chi connectivity index (χ0n) is 12.9. The Morgan fingerprint density at radius 3 is 2.62 bits per heavy atom. The Hall–Kier alpha value is -1.23. The van der Waals surface area contributed by atoms with E-state index < -0.39 is 0 Å². The van der Waals surface area contributed by atoms with Crippen LogP contribution in [0.15, 0.2) is 29.6 Å². The minimum atomic E-state index is 0.207. The molecule has 1 aromatic carbocycles. The fraction of sp³-hybridized carbons (Fsp3) is 0.471. The van der Waals surface area contributed by atoms with E-state index in [-0.39, 0.29) is 6.61 Å². The zero-order chi connectivity index (χ0) is 15.1. The topological polar surface area (TPSA) is 36.4 Å². The van der Waals surface area contributed by atoms with E-state index in [1.54, 1.807) is 11.3 Å². The molecule has 0 saturated heterocycles. The lowest BCUT2D eigenvalue weighted by atomic mass is 10.2. The van der Waals surface area contributed by atoms with Crippen molar-refractivity contribution < 1.29 is 5.11 Å². The summed E-state index contributed by atoms with van der Waals surface area (Å²) in [6.07, 6.45) is 2.34. The molecular formula is C17H24N2OS. The average molecular weight is 304 g/mol. The molecule has 1 aromatic heterocycles. The number of aliphatic hydroxyl groups is 1. The predicted molar refractivity (Wildman–Crippen MR) is 89.6 cm³/mol. The molecule has 0 radical (unpaired) electrons. The molecule has 0 atom stereocenters. The normalized spacial score (nSPS) is 11.2. The van der Waals surface area contributed by atoms with E-state index in [9.17, 15) is 0 Å². The Morgan fingerprint density at radius 2 is 1.95 bits per heavy atom. The van der Waals surface area contributed by atoms with Crippen LogP contribution in [-0.4, -0.2) is 34.7 Å². The van der Waals surface area contributed by atoms with Gasteiger partial charge in [-0.25, -0.2) is 4.98 Å². The number of nitrogens with zero attached hydrogens (tertiary/aromatic N) is 2. The maximum Gasteiger partial charge on any atom is 0.123 e. The number of rotatable bonds is 8. The second-order valence-corrected chi connectivity index (χ2v) is 6.22. The summed E-state index contributed by atoms with van der Waals surface area (Å²) in [6.45, 7) is 7.06. The molecule has 4 heteroatoms. The standard InChI is InChI=1S/C17H24N2OS/c1-3-4-9-19(10-11-20)12-16-13-21-17(18-16)15-7-5-14(2)6-8-15/h5-8,13,20H,3-4,9-12H2,1-2H3. The van der Waals surface area contributed by atoms with Gasteiger partial charge in [-0.15, -0.1) is 11.3 Å². The third-order valence-electron chi connectivity index (χ3n) is 3.48. The van der Waals surface area contributed by atoms with Crippen LogP contribution >= 0.6 is 11.3 Å². The summed E-state index contributed by atoms with van der Waals surface area (Å²) < 4.78 is 0. The molecule has 0 aliphatic carbocycles. The van der Waals surface area contributed by atoms with Gasteiger partial charge in [0.15, 0.2) is 0 Å². The molecule has 2 aromatic rings. The predicted octanol–water partition coefficient (Wildman–Crippen LogP) is 3.71. The lowest BCUT2D eigenvalue weighted by Gasteiger charge is -2.19. The van der Waals surface area contributed by atoms with E-state index >= 15 is 0 Å². The Kier molecular flexibility index (Phi) is 6.36. The number of hydrogen-bond acceptors (Lipinski definition) is 4. The highest BCUT2D eigenvalue weighted by atomic mass is 32.1. The number of thiazole rings is 1. The molecule has 0 unspecified atom stereocenters. The van der Waals surface area contributed by atoms with E-state index in [2.05, 4.69) is 48.4 Å². The van der Waals surface area contributed by atoms with Gasteiger partial charge >= 0.3 is 0 Å². The number of hydrogen-bond donors (Lipinski definition) is 1. The van der Waals surface area contributed by atoms with Crippen LogP contribution in [-0.2, 0) is 6.54 Å². The average Bonchev–Trinajstić information content (AvgIpc) is 2.94. The molecule has 1 N–H and O–H groups in total. The van der Waals surface area contributed by atoms with Crippen LogP contribution in [0.2, 0.25) is 0 Å². The monoisotopic (exact) mass is 304 g/mol. The molecule has 3 nitrogen and oxygen atoms in total. The van der Waals surface area contributed by atoms with E-state index in [0.717, 1.165) is 36.8 Å². The lowest BCUT2D eigenvalue weighted by molar-refractivity contribution is 0.187. The molecule has 0 aliphatic rings. The number of aliphatic hydroxyl groups excluding tert-OH is 1. The van der Waals surface area contributed by atoms with Crippen molar-refractivity contribution in [3.63, 3.8) is 0 Å². The van der Waals surface area contributed by atoms with Crippen molar-refractivity contribution in [2.45, 2.75) is 33.2 Å². The molecule has 0 fully saturated rings. The van der Waals surface area contributed by atoms with E-state index in [1.807, 2.05) is 0 Å². The molecule has 0 spiro atoms. The first-order chi connectivity index (χ1) is 10.2. The van der Waals surface area contributed by atoms with Crippen LogP contribution in [0.5, 0.6) is 0 Å². The third-order valence-corrected chi connectivity index (χ3v) is 4.42. The lowest BCUT2D eigenvalue weighted by Crippen LogP contribution is -2.27. The van der Waals surface area contributed by atoms with Crippen LogP contribution in [0.3, 0.4) is 0 Å². The number of unbranched alkanes of at least 4 members (excludes halogenated alkanes) is 1. The Bertz CT molecular complexity index is 536. The summed E-state index contributed by atoms with van der Waals surface area (Å²) in [5.74, 6) is 0. The molecular weight excluding hydrogens is 280 g/mol. The Balaban J connectivity index is 2.02. The van der Waals surface area contributed by atoms with E-state index in [0.29, 0.717) is 0 Å².